The number of halogens is 2. The predicted octanol–water partition coefficient (Wildman–Crippen LogP) is 5.32. The van der Waals surface area contributed by atoms with Gasteiger partial charge < -0.3 is 9.47 Å². The van der Waals surface area contributed by atoms with Gasteiger partial charge in [0.2, 0.25) is 0 Å². The van der Waals surface area contributed by atoms with Gasteiger partial charge in [0.1, 0.15) is 17.3 Å². The smallest absolute Gasteiger partial charge is 0.131 e. The lowest BCUT2D eigenvalue weighted by Gasteiger charge is -2.14. The lowest BCUT2D eigenvalue weighted by molar-refractivity contribution is 0.414. The van der Waals surface area contributed by atoms with Crippen LogP contribution in [0.3, 0.4) is 0 Å². The number of methoxy groups -OCH3 is 2. The van der Waals surface area contributed by atoms with Crippen molar-refractivity contribution in [3.63, 3.8) is 0 Å². The summed E-state index contributed by atoms with van der Waals surface area (Å²) in [6, 6.07) is 13.9. The Balaban J connectivity index is 2.41. The molecular formula is C18H14ClFO2. The van der Waals surface area contributed by atoms with Gasteiger partial charge in [-0.15, -0.1) is 0 Å². The van der Waals surface area contributed by atoms with E-state index in [0.29, 0.717) is 27.6 Å². The SMILES string of the molecule is COc1ccc2ccc(OC)c(-c3cc(Cl)ccc3F)c2c1. The van der Waals surface area contributed by atoms with Crippen LogP contribution in [0, 0.1) is 5.82 Å². The molecule has 3 aromatic rings. The van der Waals surface area contributed by atoms with Gasteiger partial charge in [0, 0.05) is 16.1 Å². The van der Waals surface area contributed by atoms with Gasteiger partial charge in [0.25, 0.3) is 0 Å². The van der Waals surface area contributed by atoms with Crippen LogP contribution in [0.2, 0.25) is 5.02 Å². The van der Waals surface area contributed by atoms with Crippen molar-refractivity contribution in [3.05, 3.63) is 59.4 Å². The van der Waals surface area contributed by atoms with Crippen LogP contribution in [0.5, 0.6) is 11.5 Å². The van der Waals surface area contributed by atoms with Crippen LogP contribution >= 0.6 is 11.6 Å². The van der Waals surface area contributed by atoms with Gasteiger partial charge in [-0.25, -0.2) is 4.39 Å². The first-order valence-electron chi connectivity index (χ1n) is 6.74. The molecule has 0 aliphatic carbocycles. The van der Waals surface area contributed by atoms with E-state index in [1.54, 1.807) is 20.3 Å². The van der Waals surface area contributed by atoms with Gasteiger partial charge in [0.05, 0.1) is 14.2 Å². The third kappa shape index (κ3) is 2.48. The first-order chi connectivity index (χ1) is 10.6. The molecular weight excluding hydrogens is 303 g/mol. The van der Waals surface area contributed by atoms with Gasteiger partial charge in [-0.05, 0) is 47.2 Å². The second-order valence-electron chi connectivity index (χ2n) is 4.85. The van der Waals surface area contributed by atoms with Gasteiger partial charge in [0.15, 0.2) is 0 Å². The molecule has 0 fully saturated rings. The average molecular weight is 317 g/mol. The molecule has 0 spiro atoms. The van der Waals surface area contributed by atoms with Crippen LogP contribution in [-0.2, 0) is 0 Å². The Morgan fingerprint density at radius 1 is 0.909 bits per heavy atom. The van der Waals surface area contributed by atoms with E-state index in [1.807, 2.05) is 30.3 Å². The molecule has 4 heteroatoms. The molecule has 0 aromatic heterocycles. The van der Waals surface area contributed by atoms with E-state index in [4.69, 9.17) is 21.1 Å². The highest BCUT2D eigenvalue weighted by atomic mass is 35.5. The van der Waals surface area contributed by atoms with Gasteiger partial charge >= 0.3 is 0 Å². The van der Waals surface area contributed by atoms with Crippen LogP contribution in [0.1, 0.15) is 0 Å². The number of hydrogen-bond donors (Lipinski definition) is 0. The molecule has 0 radical (unpaired) electrons. The second-order valence-corrected chi connectivity index (χ2v) is 5.29. The van der Waals surface area contributed by atoms with Crippen molar-refractivity contribution < 1.29 is 13.9 Å². The summed E-state index contributed by atoms with van der Waals surface area (Å²) in [6.07, 6.45) is 0. The molecule has 0 amide bonds. The minimum Gasteiger partial charge on any atom is -0.497 e. The number of benzene rings is 3. The zero-order valence-corrected chi connectivity index (χ0v) is 12.9. The largest absolute Gasteiger partial charge is 0.497 e. The maximum Gasteiger partial charge on any atom is 0.131 e. The Labute approximate surface area is 133 Å². The predicted molar refractivity (Wildman–Crippen MR) is 87.5 cm³/mol. The fourth-order valence-corrected chi connectivity index (χ4v) is 2.71. The second kappa shape index (κ2) is 5.85. The molecule has 0 bridgehead atoms. The Morgan fingerprint density at radius 2 is 1.68 bits per heavy atom. The van der Waals surface area contributed by atoms with Gasteiger partial charge in [-0.2, -0.15) is 0 Å². The van der Waals surface area contributed by atoms with E-state index in [9.17, 15) is 4.39 Å². The first-order valence-corrected chi connectivity index (χ1v) is 7.12. The summed E-state index contributed by atoms with van der Waals surface area (Å²) in [5.41, 5.74) is 1.07. The topological polar surface area (TPSA) is 18.5 Å². The lowest BCUT2D eigenvalue weighted by Crippen LogP contribution is -1.93. The Kier molecular flexibility index (Phi) is 3.90. The van der Waals surface area contributed by atoms with Crippen LogP contribution < -0.4 is 9.47 Å². The fraction of sp³-hybridized carbons (Fsp3) is 0.111. The summed E-state index contributed by atoms with van der Waals surface area (Å²) >= 11 is 6.04. The molecule has 0 aliphatic heterocycles. The van der Waals surface area contributed by atoms with Crippen molar-refractivity contribution in [1.29, 1.82) is 0 Å². The number of hydrogen-bond acceptors (Lipinski definition) is 2. The maximum atomic E-state index is 14.3. The molecule has 0 atom stereocenters. The first kappa shape index (κ1) is 14.7. The van der Waals surface area contributed by atoms with Crippen molar-refractivity contribution in [1.82, 2.24) is 0 Å². The lowest BCUT2D eigenvalue weighted by atomic mass is 9.96. The third-order valence-corrected chi connectivity index (χ3v) is 3.84. The zero-order valence-electron chi connectivity index (χ0n) is 12.2. The number of fused-ring (bicyclic) bond motifs is 1. The van der Waals surface area contributed by atoms with Crippen molar-refractivity contribution >= 4 is 22.4 Å². The summed E-state index contributed by atoms with van der Waals surface area (Å²) in [5.74, 6) is 0.935. The van der Waals surface area contributed by atoms with E-state index in [-0.39, 0.29) is 5.82 Å². The van der Waals surface area contributed by atoms with E-state index < -0.39 is 0 Å². The summed E-state index contributed by atoms with van der Waals surface area (Å²) in [5, 5.41) is 2.29. The molecule has 3 aromatic carbocycles. The van der Waals surface area contributed by atoms with Crippen LogP contribution in [-0.4, -0.2) is 14.2 Å². The Morgan fingerprint density at radius 3 is 2.41 bits per heavy atom. The van der Waals surface area contributed by atoms with E-state index in [2.05, 4.69) is 0 Å². The van der Waals surface area contributed by atoms with Crippen molar-refractivity contribution in [2.75, 3.05) is 14.2 Å². The molecule has 0 N–H and O–H groups in total. The minimum atomic E-state index is -0.349. The van der Waals surface area contributed by atoms with Crippen molar-refractivity contribution in [2.24, 2.45) is 0 Å². The molecule has 0 unspecified atom stereocenters. The standard InChI is InChI=1S/C18H14ClFO2/c1-21-13-6-3-11-4-8-17(22-2)18(14(11)10-13)15-9-12(19)5-7-16(15)20/h3-10H,1-2H3. The van der Waals surface area contributed by atoms with Gasteiger partial charge in [-0.1, -0.05) is 23.7 Å². The molecule has 0 saturated heterocycles. The third-order valence-electron chi connectivity index (χ3n) is 3.61. The van der Waals surface area contributed by atoms with E-state index >= 15 is 0 Å². The van der Waals surface area contributed by atoms with Crippen LogP contribution in [0.25, 0.3) is 21.9 Å². The zero-order chi connectivity index (χ0) is 15.7. The summed E-state index contributed by atoms with van der Waals surface area (Å²) < 4.78 is 25.0. The van der Waals surface area contributed by atoms with Gasteiger partial charge in [-0.3, -0.25) is 0 Å². The summed E-state index contributed by atoms with van der Waals surface area (Å²) in [7, 11) is 3.16. The Bertz CT molecular complexity index is 841. The average Bonchev–Trinajstić information content (AvgIpc) is 2.55. The normalized spacial score (nSPS) is 10.7. The van der Waals surface area contributed by atoms with Crippen molar-refractivity contribution in [3.8, 4) is 22.6 Å². The molecule has 0 heterocycles. The maximum absolute atomic E-state index is 14.3. The van der Waals surface area contributed by atoms with E-state index in [1.165, 1.54) is 12.1 Å². The fourth-order valence-electron chi connectivity index (χ4n) is 2.54. The highest BCUT2D eigenvalue weighted by Gasteiger charge is 2.15. The highest BCUT2D eigenvalue weighted by Crippen LogP contribution is 2.40. The minimum absolute atomic E-state index is 0.349. The van der Waals surface area contributed by atoms with E-state index in [0.717, 1.165) is 10.8 Å². The highest BCUT2D eigenvalue weighted by molar-refractivity contribution is 6.31. The molecule has 2 nitrogen and oxygen atoms in total. The summed E-state index contributed by atoms with van der Waals surface area (Å²) in [6.45, 7) is 0. The Hall–Kier alpha value is -2.26. The molecule has 22 heavy (non-hydrogen) atoms. The van der Waals surface area contributed by atoms with Crippen LogP contribution in [0.15, 0.2) is 48.5 Å². The summed E-state index contributed by atoms with van der Waals surface area (Å²) in [4.78, 5) is 0. The quantitative estimate of drug-likeness (QED) is 0.651. The van der Waals surface area contributed by atoms with Crippen LogP contribution in [0.4, 0.5) is 4.39 Å². The number of ether oxygens (including phenoxy) is 2. The molecule has 112 valence electrons. The number of rotatable bonds is 3. The molecule has 3 rings (SSSR count). The monoisotopic (exact) mass is 316 g/mol. The van der Waals surface area contributed by atoms with Crippen molar-refractivity contribution in [2.45, 2.75) is 0 Å². The molecule has 0 aliphatic rings. The molecule has 0 saturated carbocycles.